The number of hydrogen-bond donors (Lipinski definition) is 1. The maximum atomic E-state index is 11.5. The van der Waals surface area contributed by atoms with Crippen LogP contribution in [0.3, 0.4) is 0 Å². The van der Waals surface area contributed by atoms with Crippen molar-refractivity contribution in [2.45, 2.75) is 18.9 Å². The van der Waals surface area contributed by atoms with Crippen molar-refractivity contribution < 1.29 is 14.3 Å². The Balaban J connectivity index is 2.05. The maximum Gasteiger partial charge on any atom is 0.330 e. The van der Waals surface area contributed by atoms with Gasteiger partial charge in [-0.2, -0.15) is 0 Å². The number of benzene rings is 1. The number of rotatable bonds is 2. The molecule has 1 fully saturated rings. The van der Waals surface area contributed by atoms with Gasteiger partial charge in [-0.1, -0.05) is 30.3 Å². The van der Waals surface area contributed by atoms with Crippen molar-refractivity contribution in [3.63, 3.8) is 0 Å². The maximum absolute atomic E-state index is 11.5. The van der Waals surface area contributed by atoms with E-state index in [1.165, 1.54) is 0 Å². The van der Waals surface area contributed by atoms with E-state index in [1.807, 2.05) is 30.3 Å². The van der Waals surface area contributed by atoms with E-state index in [1.54, 1.807) is 0 Å². The molecule has 0 amide bonds. The topological polar surface area (TPSA) is 69.4 Å². The average molecular weight is 219 g/mol. The molecule has 2 N–H and O–H groups in total. The van der Waals surface area contributed by atoms with E-state index in [0.29, 0.717) is 12.8 Å². The van der Waals surface area contributed by atoms with E-state index in [4.69, 9.17) is 5.73 Å². The van der Waals surface area contributed by atoms with Gasteiger partial charge in [0.2, 0.25) is 0 Å². The van der Waals surface area contributed by atoms with E-state index in [0.717, 1.165) is 5.56 Å². The highest BCUT2D eigenvalue weighted by atomic mass is 16.6. The molecule has 16 heavy (non-hydrogen) atoms. The molecule has 0 aliphatic carbocycles. The van der Waals surface area contributed by atoms with Crippen LogP contribution in [0.25, 0.3) is 0 Å². The molecule has 2 atom stereocenters. The Morgan fingerprint density at radius 2 is 1.88 bits per heavy atom. The standard InChI is InChI=1S/C12H13NO3/c13-10-7-9(11(14)16-12(10)15)6-8-4-2-1-3-5-8/h1-5,9-10H,6-7,13H2/t9?,10-/m0/s1. The highest BCUT2D eigenvalue weighted by molar-refractivity contribution is 5.92. The molecule has 1 heterocycles. The molecule has 0 bridgehead atoms. The van der Waals surface area contributed by atoms with Crippen LogP contribution in [0.2, 0.25) is 0 Å². The number of esters is 2. The van der Waals surface area contributed by atoms with Gasteiger partial charge in [-0.15, -0.1) is 0 Å². The normalized spacial score (nSPS) is 25.3. The quantitative estimate of drug-likeness (QED) is 0.585. The number of hydrogen-bond acceptors (Lipinski definition) is 4. The monoisotopic (exact) mass is 219 g/mol. The van der Waals surface area contributed by atoms with Crippen LogP contribution in [-0.2, 0) is 20.7 Å². The molecule has 4 heteroatoms. The summed E-state index contributed by atoms with van der Waals surface area (Å²) in [7, 11) is 0. The predicted molar refractivity (Wildman–Crippen MR) is 57.3 cm³/mol. The first-order chi connectivity index (χ1) is 7.66. The van der Waals surface area contributed by atoms with Crippen LogP contribution in [0.15, 0.2) is 30.3 Å². The predicted octanol–water partition coefficient (Wildman–Crippen LogP) is 0.646. The van der Waals surface area contributed by atoms with Crippen molar-refractivity contribution in [1.29, 1.82) is 0 Å². The SMILES string of the molecule is N[C@H]1CC(Cc2ccccc2)C(=O)OC1=O. The van der Waals surface area contributed by atoms with Gasteiger partial charge in [0.1, 0.15) is 6.04 Å². The molecule has 0 spiro atoms. The lowest BCUT2D eigenvalue weighted by Crippen LogP contribution is -2.44. The van der Waals surface area contributed by atoms with Crippen LogP contribution in [-0.4, -0.2) is 18.0 Å². The van der Waals surface area contributed by atoms with Crippen LogP contribution in [0.5, 0.6) is 0 Å². The third kappa shape index (κ3) is 2.28. The van der Waals surface area contributed by atoms with Gasteiger partial charge in [0, 0.05) is 0 Å². The first kappa shape index (κ1) is 10.8. The fourth-order valence-corrected chi connectivity index (χ4v) is 1.82. The van der Waals surface area contributed by atoms with Crippen LogP contribution < -0.4 is 5.73 Å². The minimum absolute atomic E-state index is 0.310. The third-order valence-electron chi connectivity index (χ3n) is 2.70. The molecule has 84 valence electrons. The molecule has 2 rings (SSSR count). The Labute approximate surface area is 93.4 Å². The highest BCUT2D eigenvalue weighted by Gasteiger charge is 2.34. The van der Waals surface area contributed by atoms with E-state index in [-0.39, 0.29) is 5.92 Å². The molecule has 1 aromatic rings. The van der Waals surface area contributed by atoms with Gasteiger partial charge < -0.3 is 10.5 Å². The second-order valence-corrected chi connectivity index (χ2v) is 3.97. The van der Waals surface area contributed by atoms with Crippen LogP contribution in [0.4, 0.5) is 0 Å². The largest absolute Gasteiger partial charge is 0.392 e. The Bertz CT molecular complexity index is 402. The molecule has 1 unspecified atom stereocenters. The number of carbonyl (C=O) groups excluding carboxylic acids is 2. The molecule has 1 aliphatic rings. The zero-order valence-electron chi connectivity index (χ0n) is 8.76. The van der Waals surface area contributed by atoms with Crippen molar-refractivity contribution in [3.05, 3.63) is 35.9 Å². The van der Waals surface area contributed by atoms with Crippen LogP contribution in [0, 0.1) is 5.92 Å². The number of carbonyl (C=O) groups is 2. The summed E-state index contributed by atoms with van der Waals surface area (Å²) in [6, 6.07) is 8.94. The third-order valence-corrected chi connectivity index (χ3v) is 2.70. The molecule has 1 saturated heterocycles. The number of cyclic esters (lactones) is 2. The summed E-state index contributed by atoms with van der Waals surface area (Å²) >= 11 is 0. The van der Waals surface area contributed by atoms with Crippen molar-refractivity contribution >= 4 is 11.9 Å². The summed E-state index contributed by atoms with van der Waals surface area (Å²) < 4.78 is 4.58. The molecular formula is C12H13NO3. The summed E-state index contributed by atoms with van der Waals surface area (Å²) in [5.41, 5.74) is 6.60. The number of ether oxygens (including phenoxy) is 1. The first-order valence-electron chi connectivity index (χ1n) is 5.22. The second kappa shape index (κ2) is 4.45. The van der Waals surface area contributed by atoms with E-state index in [9.17, 15) is 9.59 Å². The summed E-state index contributed by atoms with van der Waals surface area (Å²) in [6.45, 7) is 0. The molecule has 4 nitrogen and oxygen atoms in total. The molecular weight excluding hydrogens is 206 g/mol. The fraction of sp³-hybridized carbons (Fsp3) is 0.333. The van der Waals surface area contributed by atoms with E-state index >= 15 is 0 Å². The highest BCUT2D eigenvalue weighted by Crippen LogP contribution is 2.20. The van der Waals surface area contributed by atoms with Crippen molar-refractivity contribution in [2.75, 3.05) is 0 Å². The Morgan fingerprint density at radius 3 is 2.56 bits per heavy atom. The molecule has 0 saturated carbocycles. The first-order valence-corrected chi connectivity index (χ1v) is 5.22. The minimum atomic E-state index is -0.675. The minimum Gasteiger partial charge on any atom is -0.392 e. The van der Waals surface area contributed by atoms with Gasteiger partial charge in [0.25, 0.3) is 0 Å². The Morgan fingerprint density at radius 1 is 1.19 bits per heavy atom. The van der Waals surface area contributed by atoms with Gasteiger partial charge in [-0.3, -0.25) is 4.79 Å². The van der Waals surface area contributed by atoms with Crippen molar-refractivity contribution in [2.24, 2.45) is 11.7 Å². The summed E-state index contributed by atoms with van der Waals surface area (Å²) in [4.78, 5) is 22.5. The van der Waals surface area contributed by atoms with Crippen molar-refractivity contribution in [3.8, 4) is 0 Å². The summed E-state index contributed by atoms with van der Waals surface area (Å²) in [5.74, 6) is -1.39. The van der Waals surface area contributed by atoms with Crippen LogP contribution in [0.1, 0.15) is 12.0 Å². The lowest BCUT2D eigenvalue weighted by molar-refractivity contribution is -0.168. The summed E-state index contributed by atoms with van der Waals surface area (Å²) in [6.07, 6.45) is 0.938. The average Bonchev–Trinajstić information content (AvgIpc) is 2.27. The fourth-order valence-electron chi connectivity index (χ4n) is 1.82. The second-order valence-electron chi connectivity index (χ2n) is 3.97. The molecule has 1 aliphatic heterocycles. The number of nitrogens with two attached hydrogens (primary N) is 1. The zero-order chi connectivity index (χ0) is 11.5. The van der Waals surface area contributed by atoms with Gasteiger partial charge >= 0.3 is 11.9 Å². The lowest BCUT2D eigenvalue weighted by Gasteiger charge is -2.23. The van der Waals surface area contributed by atoms with E-state index in [2.05, 4.69) is 4.74 Å². The van der Waals surface area contributed by atoms with Gasteiger partial charge in [0.15, 0.2) is 0 Å². The smallest absolute Gasteiger partial charge is 0.330 e. The lowest BCUT2D eigenvalue weighted by atomic mass is 9.91. The van der Waals surface area contributed by atoms with E-state index < -0.39 is 18.0 Å². The Kier molecular flexibility index (Phi) is 3.01. The van der Waals surface area contributed by atoms with Gasteiger partial charge in [-0.25, -0.2) is 4.79 Å². The van der Waals surface area contributed by atoms with Crippen molar-refractivity contribution in [1.82, 2.24) is 0 Å². The molecule has 0 radical (unpaired) electrons. The van der Waals surface area contributed by atoms with Crippen LogP contribution >= 0.6 is 0 Å². The Hall–Kier alpha value is -1.68. The molecule has 1 aromatic carbocycles. The van der Waals surface area contributed by atoms with Gasteiger partial charge in [-0.05, 0) is 18.4 Å². The summed E-state index contributed by atoms with van der Waals surface area (Å²) in [5, 5.41) is 0. The molecule has 0 aromatic heterocycles. The van der Waals surface area contributed by atoms with Gasteiger partial charge in [0.05, 0.1) is 5.92 Å². The zero-order valence-corrected chi connectivity index (χ0v) is 8.76.